The maximum Gasteiger partial charge on any atom is 0.260 e. The number of carbonyl (C=O) groups excluding carboxylic acids is 1. The van der Waals surface area contributed by atoms with Crippen LogP contribution in [-0.4, -0.2) is 13.0 Å². The lowest BCUT2D eigenvalue weighted by Gasteiger charge is -2.18. The van der Waals surface area contributed by atoms with Crippen molar-refractivity contribution >= 4 is 28.9 Å². The van der Waals surface area contributed by atoms with E-state index in [0.717, 1.165) is 0 Å². The summed E-state index contributed by atoms with van der Waals surface area (Å²) in [6, 6.07) is 10.6. The molecular weight excluding hydrogens is 267 g/mol. The van der Waals surface area contributed by atoms with Crippen molar-refractivity contribution in [1.82, 2.24) is 0 Å². The van der Waals surface area contributed by atoms with E-state index in [2.05, 4.69) is 0 Å². The van der Waals surface area contributed by atoms with Gasteiger partial charge in [-0.2, -0.15) is 0 Å². The summed E-state index contributed by atoms with van der Waals surface area (Å²) in [4.78, 5) is 13.6. The van der Waals surface area contributed by atoms with Gasteiger partial charge in [-0.15, -0.1) is 0 Å². The van der Waals surface area contributed by atoms with Crippen molar-refractivity contribution in [3.8, 4) is 0 Å². The molecule has 3 nitrogen and oxygen atoms in total. The Hall–Kier alpha value is -2.07. The molecule has 0 saturated heterocycles. The molecule has 0 aliphatic rings. The first-order valence-electron chi connectivity index (χ1n) is 5.58. The maximum absolute atomic E-state index is 13.2. The van der Waals surface area contributed by atoms with Gasteiger partial charge in [-0.3, -0.25) is 4.79 Å². The second-order valence-corrected chi connectivity index (χ2v) is 4.45. The normalized spacial score (nSPS) is 10.3. The number of halogens is 2. The predicted molar refractivity (Wildman–Crippen MR) is 75.0 cm³/mol. The molecule has 19 heavy (non-hydrogen) atoms. The molecule has 0 bridgehead atoms. The number of hydrogen-bond acceptors (Lipinski definition) is 2. The Balaban J connectivity index is 2.36. The molecule has 0 unspecified atom stereocenters. The van der Waals surface area contributed by atoms with Crippen molar-refractivity contribution in [3.05, 3.63) is 58.9 Å². The summed E-state index contributed by atoms with van der Waals surface area (Å²) >= 11 is 5.88. The average molecular weight is 279 g/mol. The zero-order valence-electron chi connectivity index (χ0n) is 10.2. The van der Waals surface area contributed by atoms with E-state index in [0.29, 0.717) is 16.3 Å². The summed E-state index contributed by atoms with van der Waals surface area (Å²) < 4.78 is 13.2. The molecule has 2 rings (SSSR count). The van der Waals surface area contributed by atoms with E-state index in [1.165, 1.54) is 23.1 Å². The minimum atomic E-state index is -0.406. The standard InChI is InChI=1S/C14H12ClFN2O/c1-18(10-5-2-4-9(16)8-10)14(19)11-6-3-7-12(15)13(11)17/h2-8H,17H2,1H3. The lowest BCUT2D eigenvalue weighted by molar-refractivity contribution is 0.0994. The zero-order chi connectivity index (χ0) is 14.0. The third-order valence-electron chi connectivity index (χ3n) is 2.78. The van der Waals surface area contributed by atoms with Crippen LogP contribution in [0, 0.1) is 5.82 Å². The van der Waals surface area contributed by atoms with Crippen LogP contribution < -0.4 is 10.6 Å². The van der Waals surface area contributed by atoms with Crippen molar-refractivity contribution in [2.75, 3.05) is 17.7 Å². The quantitative estimate of drug-likeness (QED) is 0.857. The molecule has 0 aliphatic heterocycles. The van der Waals surface area contributed by atoms with Crippen LogP contribution in [0.15, 0.2) is 42.5 Å². The number of nitrogens with two attached hydrogens (primary N) is 1. The minimum Gasteiger partial charge on any atom is -0.397 e. The number of benzene rings is 2. The number of nitrogen functional groups attached to an aromatic ring is 1. The monoisotopic (exact) mass is 278 g/mol. The topological polar surface area (TPSA) is 46.3 Å². The van der Waals surface area contributed by atoms with Crippen LogP contribution in [0.3, 0.4) is 0 Å². The van der Waals surface area contributed by atoms with Crippen LogP contribution in [0.5, 0.6) is 0 Å². The van der Waals surface area contributed by atoms with Crippen molar-refractivity contribution in [1.29, 1.82) is 0 Å². The van der Waals surface area contributed by atoms with Crippen molar-refractivity contribution < 1.29 is 9.18 Å². The molecule has 0 spiro atoms. The number of rotatable bonds is 2. The van der Waals surface area contributed by atoms with Gasteiger partial charge < -0.3 is 10.6 Å². The van der Waals surface area contributed by atoms with Gasteiger partial charge in [0.15, 0.2) is 0 Å². The second kappa shape index (κ2) is 5.28. The molecule has 98 valence electrons. The molecule has 1 amide bonds. The van der Waals surface area contributed by atoms with E-state index in [1.807, 2.05) is 0 Å². The number of amides is 1. The van der Waals surface area contributed by atoms with Crippen LogP contribution in [-0.2, 0) is 0 Å². The summed E-state index contributed by atoms with van der Waals surface area (Å²) in [7, 11) is 1.55. The third-order valence-corrected chi connectivity index (χ3v) is 3.11. The summed E-state index contributed by atoms with van der Waals surface area (Å²) in [5, 5.41) is 0.318. The molecule has 5 heteroatoms. The highest BCUT2D eigenvalue weighted by molar-refractivity contribution is 6.34. The lowest BCUT2D eigenvalue weighted by atomic mass is 10.1. The molecular formula is C14H12ClFN2O. The van der Waals surface area contributed by atoms with E-state index in [1.54, 1.807) is 31.3 Å². The Labute approximate surface area is 115 Å². The number of hydrogen-bond donors (Lipinski definition) is 1. The Morgan fingerprint density at radius 2 is 1.95 bits per heavy atom. The maximum atomic E-state index is 13.2. The highest BCUT2D eigenvalue weighted by atomic mass is 35.5. The smallest absolute Gasteiger partial charge is 0.260 e. The van der Waals surface area contributed by atoms with Gasteiger partial charge in [0.05, 0.1) is 16.3 Å². The molecule has 0 atom stereocenters. The molecule has 2 N–H and O–H groups in total. The SMILES string of the molecule is CN(C(=O)c1cccc(Cl)c1N)c1cccc(F)c1. The first kappa shape index (κ1) is 13.4. The highest BCUT2D eigenvalue weighted by Gasteiger charge is 2.17. The zero-order valence-corrected chi connectivity index (χ0v) is 11.0. The third kappa shape index (κ3) is 2.69. The fraction of sp³-hybridized carbons (Fsp3) is 0.0714. The summed E-state index contributed by atoms with van der Waals surface area (Å²) in [5.74, 6) is -0.748. The van der Waals surface area contributed by atoms with Crippen molar-refractivity contribution in [3.63, 3.8) is 0 Å². The molecule has 0 fully saturated rings. The fourth-order valence-electron chi connectivity index (χ4n) is 1.71. The molecule has 2 aromatic rings. The van der Waals surface area contributed by atoms with Crippen LogP contribution in [0.1, 0.15) is 10.4 Å². The average Bonchev–Trinajstić information content (AvgIpc) is 2.40. The number of anilines is 2. The Morgan fingerprint density at radius 3 is 2.63 bits per heavy atom. The minimum absolute atomic E-state index is 0.220. The van der Waals surface area contributed by atoms with E-state index < -0.39 is 5.82 Å². The summed E-state index contributed by atoms with van der Waals surface area (Å²) in [6.45, 7) is 0. The van der Waals surface area contributed by atoms with Gasteiger partial charge in [-0.05, 0) is 30.3 Å². The number of carbonyl (C=O) groups is 1. The number of nitrogens with zero attached hydrogens (tertiary/aromatic N) is 1. The largest absolute Gasteiger partial charge is 0.397 e. The summed E-state index contributed by atoms with van der Waals surface area (Å²) in [6.07, 6.45) is 0. The fourth-order valence-corrected chi connectivity index (χ4v) is 1.88. The number of para-hydroxylation sites is 1. The van der Waals surface area contributed by atoms with Gasteiger partial charge in [-0.1, -0.05) is 23.7 Å². The Kier molecular flexibility index (Phi) is 3.71. The molecule has 0 radical (unpaired) electrons. The predicted octanol–water partition coefficient (Wildman–Crippen LogP) is 3.34. The van der Waals surface area contributed by atoms with Crippen LogP contribution in [0.4, 0.5) is 15.8 Å². The van der Waals surface area contributed by atoms with Gasteiger partial charge in [0, 0.05) is 12.7 Å². The van der Waals surface area contributed by atoms with Crippen LogP contribution in [0.25, 0.3) is 0 Å². The lowest BCUT2D eigenvalue weighted by Crippen LogP contribution is -2.27. The van der Waals surface area contributed by atoms with E-state index in [-0.39, 0.29) is 11.6 Å². The van der Waals surface area contributed by atoms with E-state index in [4.69, 9.17) is 17.3 Å². The van der Waals surface area contributed by atoms with Crippen molar-refractivity contribution in [2.45, 2.75) is 0 Å². The van der Waals surface area contributed by atoms with Gasteiger partial charge in [0.25, 0.3) is 5.91 Å². The van der Waals surface area contributed by atoms with Crippen LogP contribution in [0.2, 0.25) is 5.02 Å². The van der Waals surface area contributed by atoms with Crippen LogP contribution >= 0.6 is 11.6 Å². The first-order valence-corrected chi connectivity index (χ1v) is 5.96. The van der Waals surface area contributed by atoms with Crippen molar-refractivity contribution in [2.24, 2.45) is 0 Å². The van der Waals surface area contributed by atoms with Gasteiger partial charge in [0.2, 0.25) is 0 Å². The Bertz CT molecular complexity index is 631. The van der Waals surface area contributed by atoms with E-state index in [9.17, 15) is 9.18 Å². The van der Waals surface area contributed by atoms with Gasteiger partial charge in [-0.25, -0.2) is 4.39 Å². The van der Waals surface area contributed by atoms with Gasteiger partial charge >= 0.3 is 0 Å². The molecule has 0 heterocycles. The summed E-state index contributed by atoms with van der Waals surface area (Å²) in [5.41, 5.74) is 6.74. The first-order chi connectivity index (χ1) is 9.00. The molecule has 0 aromatic heterocycles. The van der Waals surface area contributed by atoms with E-state index >= 15 is 0 Å². The van der Waals surface area contributed by atoms with Gasteiger partial charge in [0.1, 0.15) is 5.82 Å². The highest BCUT2D eigenvalue weighted by Crippen LogP contribution is 2.25. The molecule has 0 saturated carbocycles. The second-order valence-electron chi connectivity index (χ2n) is 4.05. The Morgan fingerprint density at radius 1 is 1.26 bits per heavy atom. The molecule has 2 aromatic carbocycles. The molecule has 0 aliphatic carbocycles.